The molecule has 1 atom stereocenters. The molecule has 1 aliphatic rings. The normalized spacial score (nSPS) is 18.2. The van der Waals surface area contributed by atoms with Crippen LogP contribution in [0.2, 0.25) is 0 Å². The molecule has 1 saturated heterocycles. The number of hydrogen-bond donors (Lipinski definition) is 0. The lowest BCUT2D eigenvalue weighted by Gasteiger charge is -2.26. The van der Waals surface area contributed by atoms with Crippen LogP contribution < -0.4 is 0 Å². The van der Waals surface area contributed by atoms with Crippen LogP contribution >= 0.6 is 0 Å². The van der Waals surface area contributed by atoms with E-state index in [-0.39, 0.29) is 36.5 Å². The Kier molecular flexibility index (Phi) is 5.97. The largest absolute Gasteiger partial charge is 0.338 e. The first-order valence-corrected chi connectivity index (χ1v) is 11.9. The van der Waals surface area contributed by atoms with Gasteiger partial charge in [0.1, 0.15) is 5.82 Å². The van der Waals surface area contributed by atoms with E-state index in [4.69, 9.17) is 4.52 Å². The first kappa shape index (κ1) is 20.7. The van der Waals surface area contributed by atoms with Crippen LogP contribution in [0.4, 0.5) is 4.39 Å². The van der Waals surface area contributed by atoms with Crippen molar-refractivity contribution in [3.8, 4) is 11.4 Å². The van der Waals surface area contributed by atoms with Crippen LogP contribution in [-0.4, -0.2) is 41.0 Å². The number of aromatic nitrogens is 2. The molecule has 0 bridgehead atoms. The Hall–Kier alpha value is -2.58. The van der Waals surface area contributed by atoms with Crippen LogP contribution in [-0.2, 0) is 29.3 Å². The first-order valence-electron chi connectivity index (χ1n) is 10.0. The van der Waals surface area contributed by atoms with Gasteiger partial charge in [-0.05, 0) is 24.5 Å². The third-order valence-corrected chi connectivity index (χ3v) is 7.23. The molecule has 0 aliphatic carbocycles. The Morgan fingerprint density at radius 3 is 2.57 bits per heavy atom. The van der Waals surface area contributed by atoms with E-state index in [1.54, 1.807) is 18.2 Å². The van der Waals surface area contributed by atoms with Crippen molar-refractivity contribution in [1.82, 2.24) is 15.0 Å². The zero-order valence-corrected chi connectivity index (χ0v) is 17.6. The molecule has 0 saturated carbocycles. The summed E-state index contributed by atoms with van der Waals surface area (Å²) in [6, 6.07) is 14.3. The summed E-state index contributed by atoms with van der Waals surface area (Å²) in [5, 5.41) is 4.07. The van der Waals surface area contributed by atoms with Crippen molar-refractivity contribution >= 4 is 9.84 Å². The second kappa shape index (κ2) is 8.65. The topological polar surface area (TPSA) is 76.3 Å². The van der Waals surface area contributed by atoms with Crippen LogP contribution in [0.3, 0.4) is 0 Å². The number of halogens is 1. The highest BCUT2D eigenvalue weighted by atomic mass is 32.2. The van der Waals surface area contributed by atoms with Gasteiger partial charge in [-0.1, -0.05) is 54.5 Å². The maximum atomic E-state index is 14.2. The highest BCUT2D eigenvalue weighted by molar-refractivity contribution is 7.91. The molecule has 158 valence electrons. The maximum Gasteiger partial charge on any atom is 0.241 e. The van der Waals surface area contributed by atoms with Gasteiger partial charge in [0.15, 0.2) is 9.84 Å². The van der Waals surface area contributed by atoms with Crippen molar-refractivity contribution in [2.75, 3.05) is 11.5 Å². The van der Waals surface area contributed by atoms with E-state index in [1.807, 2.05) is 29.2 Å². The maximum absolute atomic E-state index is 14.2. The monoisotopic (exact) mass is 429 g/mol. The predicted octanol–water partition coefficient (Wildman–Crippen LogP) is 3.63. The summed E-state index contributed by atoms with van der Waals surface area (Å²) in [7, 11) is -3.08. The van der Waals surface area contributed by atoms with Gasteiger partial charge in [-0.2, -0.15) is 4.98 Å². The van der Waals surface area contributed by atoms with E-state index >= 15 is 0 Å². The molecule has 2 heterocycles. The number of rotatable bonds is 7. The molecule has 0 spiro atoms. The number of aryl methyl sites for hydroxylation is 1. The average Bonchev–Trinajstić information content (AvgIpc) is 3.35. The molecular weight excluding hydrogens is 405 g/mol. The van der Waals surface area contributed by atoms with Gasteiger partial charge in [0.05, 0.1) is 18.1 Å². The van der Waals surface area contributed by atoms with Crippen LogP contribution in [0.5, 0.6) is 0 Å². The molecule has 0 N–H and O–H groups in total. The molecule has 1 aliphatic heterocycles. The van der Waals surface area contributed by atoms with Crippen LogP contribution in [0.15, 0.2) is 53.1 Å². The van der Waals surface area contributed by atoms with Crippen LogP contribution in [0.25, 0.3) is 11.4 Å². The lowest BCUT2D eigenvalue weighted by molar-refractivity contribution is 0.167. The quantitative estimate of drug-likeness (QED) is 0.571. The lowest BCUT2D eigenvalue weighted by atomic mass is 10.1. The minimum atomic E-state index is -3.08. The fourth-order valence-corrected chi connectivity index (χ4v) is 5.48. The molecule has 0 unspecified atom stereocenters. The third kappa shape index (κ3) is 4.76. The Bertz CT molecular complexity index is 1110. The van der Waals surface area contributed by atoms with E-state index in [2.05, 4.69) is 17.1 Å². The summed E-state index contributed by atoms with van der Waals surface area (Å²) in [5.41, 5.74) is 2.59. The van der Waals surface area contributed by atoms with Gasteiger partial charge in [-0.25, -0.2) is 12.8 Å². The molecule has 6 nitrogen and oxygen atoms in total. The Balaban J connectivity index is 1.55. The van der Waals surface area contributed by atoms with E-state index in [0.29, 0.717) is 23.7 Å². The molecule has 3 aromatic rings. The molecular formula is C22H24FN3O3S. The van der Waals surface area contributed by atoms with E-state index in [9.17, 15) is 12.8 Å². The fraction of sp³-hybridized carbons (Fsp3) is 0.364. The molecule has 0 radical (unpaired) electrons. The molecule has 2 aromatic carbocycles. The summed E-state index contributed by atoms with van der Waals surface area (Å²) < 4.78 is 43.7. The van der Waals surface area contributed by atoms with Crippen molar-refractivity contribution in [2.45, 2.75) is 38.9 Å². The molecule has 0 amide bonds. The first-order chi connectivity index (χ1) is 14.4. The Morgan fingerprint density at radius 2 is 1.90 bits per heavy atom. The van der Waals surface area contributed by atoms with E-state index < -0.39 is 9.84 Å². The van der Waals surface area contributed by atoms with Gasteiger partial charge >= 0.3 is 0 Å². The van der Waals surface area contributed by atoms with Crippen molar-refractivity contribution in [2.24, 2.45) is 0 Å². The standard InChI is InChI=1S/C22H24FN3O3S/c1-2-16-7-9-17(10-8-16)22-24-21(29-25-22)14-26(19-11-12-30(27,28)15-19)13-18-5-3-4-6-20(18)23/h3-10,19H,2,11-15H2,1H3/t19-/m1/s1. The third-order valence-electron chi connectivity index (χ3n) is 5.48. The molecule has 1 fully saturated rings. The zero-order valence-electron chi connectivity index (χ0n) is 16.8. The van der Waals surface area contributed by atoms with Gasteiger partial charge < -0.3 is 4.52 Å². The van der Waals surface area contributed by atoms with Crippen LogP contribution in [0.1, 0.15) is 30.4 Å². The molecule has 30 heavy (non-hydrogen) atoms. The van der Waals surface area contributed by atoms with Gasteiger partial charge in [-0.3, -0.25) is 4.90 Å². The van der Waals surface area contributed by atoms with Gasteiger partial charge in [0, 0.05) is 23.7 Å². The minimum absolute atomic E-state index is 0.0565. The minimum Gasteiger partial charge on any atom is -0.338 e. The van der Waals surface area contributed by atoms with Crippen molar-refractivity contribution in [3.05, 3.63) is 71.4 Å². The number of nitrogens with zero attached hydrogens (tertiary/aromatic N) is 3. The lowest BCUT2D eigenvalue weighted by Crippen LogP contribution is -2.35. The van der Waals surface area contributed by atoms with Crippen molar-refractivity contribution < 1.29 is 17.3 Å². The summed E-state index contributed by atoms with van der Waals surface area (Å²) in [4.78, 5) is 6.40. The van der Waals surface area contributed by atoms with Gasteiger partial charge in [0.25, 0.3) is 0 Å². The summed E-state index contributed by atoms with van der Waals surface area (Å²) in [5.74, 6) is 0.749. The Labute approximate surface area is 175 Å². The van der Waals surface area contributed by atoms with E-state index in [1.165, 1.54) is 11.6 Å². The fourth-order valence-electron chi connectivity index (χ4n) is 3.72. The molecule has 8 heteroatoms. The van der Waals surface area contributed by atoms with Crippen LogP contribution in [0, 0.1) is 5.82 Å². The second-order valence-corrected chi connectivity index (χ2v) is 9.84. The number of hydrogen-bond acceptors (Lipinski definition) is 6. The number of benzene rings is 2. The molecule has 1 aromatic heterocycles. The summed E-state index contributed by atoms with van der Waals surface area (Å²) in [6.45, 7) is 2.62. The average molecular weight is 430 g/mol. The zero-order chi connectivity index (χ0) is 21.1. The Morgan fingerprint density at radius 1 is 1.13 bits per heavy atom. The van der Waals surface area contributed by atoms with Gasteiger partial charge in [0.2, 0.25) is 11.7 Å². The molecule has 4 rings (SSSR count). The van der Waals surface area contributed by atoms with Crippen molar-refractivity contribution in [1.29, 1.82) is 0 Å². The summed E-state index contributed by atoms with van der Waals surface area (Å²) in [6.07, 6.45) is 1.46. The smallest absolute Gasteiger partial charge is 0.241 e. The number of sulfone groups is 1. The van der Waals surface area contributed by atoms with Crippen molar-refractivity contribution in [3.63, 3.8) is 0 Å². The second-order valence-electron chi connectivity index (χ2n) is 7.62. The highest BCUT2D eigenvalue weighted by Crippen LogP contribution is 2.24. The highest BCUT2D eigenvalue weighted by Gasteiger charge is 2.33. The predicted molar refractivity (Wildman–Crippen MR) is 112 cm³/mol. The summed E-state index contributed by atoms with van der Waals surface area (Å²) >= 11 is 0. The van der Waals surface area contributed by atoms with Gasteiger partial charge in [-0.15, -0.1) is 0 Å². The SMILES string of the molecule is CCc1ccc(-c2noc(CN(Cc3ccccc3F)[C@@H]3CCS(=O)(=O)C3)n2)cc1. The van der Waals surface area contributed by atoms with E-state index in [0.717, 1.165) is 12.0 Å².